The van der Waals surface area contributed by atoms with Crippen LogP contribution in [0.4, 0.5) is 0 Å². The molecule has 0 bridgehead atoms. The van der Waals surface area contributed by atoms with Crippen molar-refractivity contribution in [3.05, 3.63) is 35.4 Å². The normalized spacial score (nSPS) is 26.4. The van der Waals surface area contributed by atoms with Crippen molar-refractivity contribution in [1.29, 1.82) is 0 Å². The minimum atomic E-state index is 0.187. The molecule has 1 saturated carbocycles. The Balaban J connectivity index is 1.61. The Hall–Kier alpha value is -0.940. The minimum absolute atomic E-state index is 0.187. The summed E-state index contributed by atoms with van der Waals surface area (Å²) in [6.07, 6.45) is 3.04. The highest BCUT2D eigenvalue weighted by molar-refractivity contribution is 5.27. The number of ether oxygens (including phenoxy) is 2. The summed E-state index contributed by atoms with van der Waals surface area (Å²) in [7, 11) is 3.54. The first-order valence-corrected chi connectivity index (χ1v) is 7.88. The van der Waals surface area contributed by atoms with Gasteiger partial charge in [0.25, 0.3) is 0 Å². The minimum Gasteiger partial charge on any atom is -0.377 e. The Morgan fingerprint density at radius 1 is 1.05 bits per heavy atom. The Kier molecular flexibility index (Phi) is 4.91. The van der Waals surface area contributed by atoms with Crippen molar-refractivity contribution < 1.29 is 9.47 Å². The van der Waals surface area contributed by atoms with Gasteiger partial charge in [-0.3, -0.25) is 4.90 Å². The van der Waals surface area contributed by atoms with Crippen LogP contribution in [0.15, 0.2) is 24.3 Å². The van der Waals surface area contributed by atoms with Gasteiger partial charge in [0.05, 0.1) is 12.2 Å². The van der Waals surface area contributed by atoms with Crippen LogP contribution in [0.3, 0.4) is 0 Å². The van der Waals surface area contributed by atoms with Gasteiger partial charge in [0.1, 0.15) is 0 Å². The first-order chi connectivity index (χ1) is 10.3. The molecule has 2 atom stereocenters. The van der Waals surface area contributed by atoms with Gasteiger partial charge >= 0.3 is 0 Å². The fraction of sp³-hybridized carbons (Fsp3) is 0.647. The number of benzene rings is 1. The third kappa shape index (κ3) is 3.83. The van der Waals surface area contributed by atoms with E-state index in [4.69, 9.17) is 9.47 Å². The lowest BCUT2D eigenvalue weighted by Crippen LogP contribution is -2.27. The largest absolute Gasteiger partial charge is 0.377 e. The third-order valence-electron chi connectivity index (χ3n) is 4.57. The molecule has 2 fully saturated rings. The first-order valence-electron chi connectivity index (χ1n) is 7.88. The van der Waals surface area contributed by atoms with Crippen molar-refractivity contribution in [3.8, 4) is 0 Å². The van der Waals surface area contributed by atoms with Gasteiger partial charge in [-0.1, -0.05) is 24.3 Å². The lowest BCUT2D eigenvalue weighted by molar-refractivity contribution is -0.00461. The van der Waals surface area contributed by atoms with Crippen LogP contribution in [0.2, 0.25) is 0 Å². The van der Waals surface area contributed by atoms with E-state index in [0.717, 1.165) is 32.2 Å². The molecule has 3 rings (SSSR count). The number of methoxy groups -OCH3 is 2. The second kappa shape index (κ2) is 6.88. The number of hydrogen-bond donors (Lipinski definition) is 1. The van der Waals surface area contributed by atoms with Crippen molar-refractivity contribution in [2.24, 2.45) is 0 Å². The molecule has 0 amide bonds. The molecule has 2 unspecified atom stereocenters. The SMILES string of the molecule is COC1CN(Cc2ccccc2CNC2CC2)CC1OC. The molecule has 1 aromatic rings. The maximum absolute atomic E-state index is 5.52. The summed E-state index contributed by atoms with van der Waals surface area (Å²) in [6, 6.07) is 9.50. The van der Waals surface area contributed by atoms with Crippen LogP contribution in [-0.4, -0.2) is 50.5 Å². The number of hydrogen-bond acceptors (Lipinski definition) is 4. The van der Waals surface area contributed by atoms with Gasteiger partial charge in [-0.2, -0.15) is 0 Å². The van der Waals surface area contributed by atoms with Crippen LogP contribution in [0, 0.1) is 0 Å². The van der Waals surface area contributed by atoms with Crippen molar-refractivity contribution >= 4 is 0 Å². The maximum Gasteiger partial charge on any atom is 0.0971 e. The molecule has 21 heavy (non-hydrogen) atoms. The molecule has 1 saturated heterocycles. The molecule has 1 N–H and O–H groups in total. The fourth-order valence-corrected chi connectivity index (χ4v) is 3.07. The number of rotatable bonds is 7. The topological polar surface area (TPSA) is 33.7 Å². The summed E-state index contributed by atoms with van der Waals surface area (Å²) in [5.74, 6) is 0. The van der Waals surface area contributed by atoms with Crippen LogP contribution in [-0.2, 0) is 22.6 Å². The highest BCUT2D eigenvalue weighted by atomic mass is 16.5. The van der Waals surface area contributed by atoms with Crippen LogP contribution >= 0.6 is 0 Å². The molecule has 1 aromatic carbocycles. The number of nitrogens with one attached hydrogen (secondary N) is 1. The summed E-state index contributed by atoms with van der Waals surface area (Å²) in [5.41, 5.74) is 2.83. The van der Waals surface area contributed by atoms with Crippen molar-refractivity contribution in [2.45, 2.75) is 44.2 Å². The van der Waals surface area contributed by atoms with Gasteiger partial charge in [0.2, 0.25) is 0 Å². The van der Waals surface area contributed by atoms with Crippen LogP contribution < -0.4 is 5.32 Å². The van der Waals surface area contributed by atoms with E-state index in [0.29, 0.717) is 0 Å². The van der Waals surface area contributed by atoms with E-state index in [1.54, 1.807) is 14.2 Å². The van der Waals surface area contributed by atoms with Gasteiger partial charge in [-0.15, -0.1) is 0 Å². The molecule has 1 aliphatic heterocycles. The molecule has 4 heteroatoms. The number of nitrogens with zero attached hydrogens (tertiary/aromatic N) is 1. The zero-order chi connectivity index (χ0) is 14.7. The smallest absolute Gasteiger partial charge is 0.0971 e. The second-order valence-electron chi connectivity index (χ2n) is 6.17. The van der Waals surface area contributed by atoms with E-state index in [9.17, 15) is 0 Å². The van der Waals surface area contributed by atoms with E-state index >= 15 is 0 Å². The quantitative estimate of drug-likeness (QED) is 0.830. The van der Waals surface area contributed by atoms with Gasteiger partial charge in [0, 0.05) is 46.4 Å². The predicted molar refractivity (Wildman–Crippen MR) is 83.2 cm³/mol. The van der Waals surface area contributed by atoms with Crippen LogP contribution in [0.1, 0.15) is 24.0 Å². The van der Waals surface area contributed by atoms with E-state index in [1.165, 1.54) is 24.0 Å². The molecule has 2 aliphatic rings. The van der Waals surface area contributed by atoms with E-state index in [-0.39, 0.29) is 12.2 Å². The average molecular weight is 290 g/mol. The zero-order valence-corrected chi connectivity index (χ0v) is 13.0. The second-order valence-corrected chi connectivity index (χ2v) is 6.17. The van der Waals surface area contributed by atoms with Crippen molar-refractivity contribution in [3.63, 3.8) is 0 Å². The summed E-state index contributed by atoms with van der Waals surface area (Å²) in [5, 5.41) is 3.61. The molecule has 0 radical (unpaired) electrons. The van der Waals surface area contributed by atoms with E-state index in [2.05, 4.69) is 34.5 Å². The summed E-state index contributed by atoms with van der Waals surface area (Å²) >= 11 is 0. The van der Waals surface area contributed by atoms with Crippen molar-refractivity contribution in [1.82, 2.24) is 10.2 Å². The van der Waals surface area contributed by atoms with Crippen LogP contribution in [0.25, 0.3) is 0 Å². The Labute approximate surface area is 127 Å². The first kappa shape index (κ1) is 15.0. The monoisotopic (exact) mass is 290 g/mol. The lowest BCUT2D eigenvalue weighted by Gasteiger charge is -2.18. The van der Waals surface area contributed by atoms with Gasteiger partial charge in [-0.25, -0.2) is 0 Å². The Morgan fingerprint density at radius 3 is 2.24 bits per heavy atom. The molecule has 116 valence electrons. The average Bonchev–Trinajstić information content (AvgIpc) is 3.26. The number of likely N-dealkylation sites (tertiary alicyclic amines) is 1. The van der Waals surface area contributed by atoms with Gasteiger partial charge < -0.3 is 14.8 Å². The Morgan fingerprint density at radius 2 is 1.67 bits per heavy atom. The lowest BCUT2D eigenvalue weighted by atomic mass is 10.1. The maximum atomic E-state index is 5.52. The summed E-state index contributed by atoms with van der Waals surface area (Å²) in [6.45, 7) is 3.84. The highest BCUT2D eigenvalue weighted by Crippen LogP contribution is 2.22. The summed E-state index contributed by atoms with van der Waals surface area (Å²) in [4.78, 5) is 2.43. The molecular formula is C17H26N2O2. The van der Waals surface area contributed by atoms with Gasteiger partial charge in [-0.05, 0) is 24.0 Å². The van der Waals surface area contributed by atoms with E-state index in [1.807, 2.05) is 0 Å². The van der Waals surface area contributed by atoms with Crippen LogP contribution in [0.5, 0.6) is 0 Å². The molecule has 1 heterocycles. The highest BCUT2D eigenvalue weighted by Gasteiger charge is 2.33. The Bertz CT molecular complexity index is 450. The summed E-state index contributed by atoms with van der Waals surface area (Å²) < 4.78 is 11.0. The molecule has 1 aliphatic carbocycles. The van der Waals surface area contributed by atoms with Crippen molar-refractivity contribution in [2.75, 3.05) is 27.3 Å². The fourth-order valence-electron chi connectivity index (χ4n) is 3.07. The predicted octanol–water partition coefficient (Wildman–Crippen LogP) is 1.78. The van der Waals surface area contributed by atoms with E-state index < -0.39 is 0 Å². The van der Waals surface area contributed by atoms with Gasteiger partial charge in [0.15, 0.2) is 0 Å². The zero-order valence-electron chi connectivity index (χ0n) is 13.0. The third-order valence-corrected chi connectivity index (χ3v) is 4.57. The molecule has 0 aromatic heterocycles. The molecule has 0 spiro atoms. The molecule has 4 nitrogen and oxygen atoms in total. The molecular weight excluding hydrogens is 264 g/mol. The standard InChI is InChI=1S/C17H26N2O2/c1-20-16-11-19(12-17(16)21-2)10-14-6-4-3-5-13(14)9-18-15-7-8-15/h3-6,15-18H,7-12H2,1-2H3.